The van der Waals surface area contributed by atoms with Crippen molar-refractivity contribution < 1.29 is 8.78 Å². The Morgan fingerprint density at radius 3 is 2.06 bits per heavy atom. The maximum atomic E-state index is 12.6. The molecule has 0 aromatic heterocycles. The van der Waals surface area contributed by atoms with Crippen molar-refractivity contribution in [2.24, 2.45) is 23.5 Å². The van der Waals surface area contributed by atoms with E-state index in [9.17, 15) is 8.78 Å². The summed E-state index contributed by atoms with van der Waals surface area (Å²) in [5.74, 6) is 1.91. The molecular weight excluding hydrogens is 208 g/mol. The van der Waals surface area contributed by atoms with Gasteiger partial charge in [-0.15, -0.1) is 0 Å². The van der Waals surface area contributed by atoms with Crippen LogP contribution in [0.25, 0.3) is 0 Å². The molecule has 16 heavy (non-hydrogen) atoms. The SMILES string of the molecule is CC(C)C1CCC(CC(C)(N)C(F)F)CC1. The van der Waals surface area contributed by atoms with E-state index in [1.54, 1.807) is 0 Å². The average Bonchev–Trinajstić information content (AvgIpc) is 2.17. The third-order valence-corrected chi connectivity index (χ3v) is 4.06. The Morgan fingerprint density at radius 1 is 1.19 bits per heavy atom. The second kappa shape index (κ2) is 5.44. The van der Waals surface area contributed by atoms with Gasteiger partial charge in [-0.1, -0.05) is 26.7 Å². The van der Waals surface area contributed by atoms with E-state index in [-0.39, 0.29) is 0 Å². The molecule has 0 bridgehead atoms. The van der Waals surface area contributed by atoms with Crippen LogP contribution in [0.4, 0.5) is 8.78 Å². The van der Waals surface area contributed by atoms with Gasteiger partial charge in [0.1, 0.15) is 0 Å². The monoisotopic (exact) mass is 233 g/mol. The van der Waals surface area contributed by atoms with E-state index in [4.69, 9.17) is 5.73 Å². The minimum absolute atomic E-state index is 0.402. The van der Waals surface area contributed by atoms with E-state index in [1.807, 2.05) is 0 Å². The van der Waals surface area contributed by atoms with Gasteiger partial charge < -0.3 is 5.73 Å². The first kappa shape index (κ1) is 13.9. The Hall–Kier alpha value is -0.180. The summed E-state index contributed by atoms with van der Waals surface area (Å²) in [6, 6.07) is 0. The molecule has 1 unspecified atom stereocenters. The molecule has 0 heterocycles. The fraction of sp³-hybridized carbons (Fsp3) is 1.00. The van der Waals surface area contributed by atoms with E-state index < -0.39 is 12.0 Å². The zero-order chi connectivity index (χ0) is 12.3. The summed E-state index contributed by atoms with van der Waals surface area (Å²) in [4.78, 5) is 0. The van der Waals surface area contributed by atoms with Gasteiger partial charge in [0.25, 0.3) is 6.43 Å². The van der Waals surface area contributed by atoms with E-state index in [0.29, 0.717) is 12.3 Å². The molecule has 96 valence electrons. The van der Waals surface area contributed by atoms with Gasteiger partial charge in [0, 0.05) is 0 Å². The molecule has 1 atom stereocenters. The molecule has 0 aromatic carbocycles. The molecule has 1 fully saturated rings. The van der Waals surface area contributed by atoms with Crippen LogP contribution in [-0.4, -0.2) is 12.0 Å². The Bertz CT molecular complexity index is 206. The fourth-order valence-corrected chi connectivity index (χ4v) is 2.77. The second-order valence-corrected chi connectivity index (χ2v) is 6.04. The van der Waals surface area contributed by atoms with Crippen LogP contribution in [0.3, 0.4) is 0 Å². The number of halogens is 2. The molecule has 1 aliphatic rings. The smallest absolute Gasteiger partial charge is 0.256 e. The summed E-state index contributed by atoms with van der Waals surface area (Å²) in [7, 11) is 0. The molecule has 0 aliphatic heterocycles. The van der Waals surface area contributed by atoms with Gasteiger partial charge >= 0.3 is 0 Å². The van der Waals surface area contributed by atoms with Crippen molar-refractivity contribution in [2.45, 2.75) is 64.8 Å². The normalized spacial score (nSPS) is 30.8. The standard InChI is InChI=1S/C13H25F2N/c1-9(2)11-6-4-10(5-7-11)8-13(3,16)12(14)15/h9-12H,4-8,16H2,1-3H3. The van der Waals surface area contributed by atoms with Crippen LogP contribution in [0.5, 0.6) is 0 Å². The number of hydrogen-bond acceptors (Lipinski definition) is 1. The van der Waals surface area contributed by atoms with Crippen molar-refractivity contribution in [2.75, 3.05) is 0 Å². The van der Waals surface area contributed by atoms with Crippen molar-refractivity contribution in [3.8, 4) is 0 Å². The minimum atomic E-state index is -2.41. The van der Waals surface area contributed by atoms with Crippen LogP contribution in [0, 0.1) is 17.8 Å². The quantitative estimate of drug-likeness (QED) is 0.784. The van der Waals surface area contributed by atoms with Crippen molar-refractivity contribution in [3.05, 3.63) is 0 Å². The van der Waals surface area contributed by atoms with Crippen LogP contribution >= 0.6 is 0 Å². The molecule has 0 amide bonds. The van der Waals surface area contributed by atoms with E-state index in [2.05, 4.69) is 13.8 Å². The van der Waals surface area contributed by atoms with Gasteiger partial charge in [-0.25, -0.2) is 8.78 Å². The molecule has 0 radical (unpaired) electrons. The zero-order valence-corrected chi connectivity index (χ0v) is 10.7. The largest absolute Gasteiger partial charge is 0.321 e. The van der Waals surface area contributed by atoms with Gasteiger partial charge in [0.05, 0.1) is 5.54 Å². The van der Waals surface area contributed by atoms with E-state index in [0.717, 1.165) is 24.7 Å². The Morgan fingerprint density at radius 2 is 1.69 bits per heavy atom. The Kier molecular flexibility index (Phi) is 4.72. The summed E-state index contributed by atoms with van der Waals surface area (Å²) < 4.78 is 25.3. The lowest BCUT2D eigenvalue weighted by atomic mass is 9.73. The van der Waals surface area contributed by atoms with Crippen molar-refractivity contribution in [1.29, 1.82) is 0 Å². The Balaban J connectivity index is 2.37. The van der Waals surface area contributed by atoms with Gasteiger partial charge in [0.2, 0.25) is 0 Å². The molecule has 1 aliphatic carbocycles. The van der Waals surface area contributed by atoms with Crippen molar-refractivity contribution in [3.63, 3.8) is 0 Å². The lowest BCUT2D eigenvalue weighted by Gasteiger charge is -2.35. The van der Waals surface area contributed by atoms with Crippen LogP contribution in [-0.2, 0) is 0 Å². The maximum absolute atomic E-state index is 12.6. The molecule has 1 rings (SSSR count). The molecular formula is C13H25F2N. The summed E-state index contributed by atoms with van der Waals surface area (Å²) in [5.41, 5.74) is 4.34. The summed E-state index contributed by atoms with van der Waals surface area (Å²) in [6.45, 7) is 5.97. The lowest BCUT2D eigenvalue weighted by molar-refractivity contribution is 0.0419. The highest BCUT2D eigenvalue weighted by atomic mass is 19.3. The average molecular weight is 233 g/mol. The summed E-state index contributed by atoms with van der Waals surface area (Å²) >= 11 is 0. The highest BCUT2D eigenvalue weighted by Gasteiger charge is 2.34. The predicted octanol–water partition coefficient (Wildman–Crippen LogP) is 3.82. The third kappa shape index (κ3) is 3.69. The van der Waals surface area contributed by atoms with Gasteiger partial charge in [-0.05, 0) is 43.9 Å². The molecule has 0 spiro atoms. The summed E-state index contributed by atoms with van der Waals surface area (Å²) in [5, 5.41) is 0. The first-order valence-corrected chi connectivity index (χ1v) is 6.40. The fourth-order valence-electron chi connectivity index (χ4n) is 2.77. The first-order valence-electron chi connectivity index (χ1n) is 6.40. The number of alkyl halides is 2. The van der Waals surface area contributed by atoms with Crippen LogP contribution < -0.4 is 5.73 Å². The summed E-state index contributed by atoms with van der Waals surface area (Å²) in [6.07, 6.45) is 2.57. The Labute approximate surface area is 97.8 Å². The number of rotatable bonds is 4. The van der Waals surface area contributed by atoms with Crippen LogP contribution in [0.2, 0.25) is 0 Å². The molecule has 0 saturated heterocycles. The van der Waals surface area contributed by atoms with E-state index >= 15 is 0 Å². The van der Waals surface area contributed by atoms with Crippen LogP contribution in [0.15, 0.2) is 0 Å². The molecule has 2 N–H and O–H groups in total. The molecule has 1 saturated carbocycles. The lowest BCUT2D eigenvalue weighted by Crippen LogP contribution is -2.45. The van der Waals surface area contributed by atoms with Crippen LogP contribution in [0.1, 0.15) is 52.9 Å². The highest BCUT2D eigenvalue weighted by molar-refractivity contribution is 4.86. The van der Waals surface area contributed by atoms with Crippen molar-refractivity contribution >= 4 is 0 Å². The van der Waals surface area contributed by atoms with E-state index in [1.165, 1.54) is 19.8 Å². The minimum Gasteiger partial charge on any atom is -0.321 e. The topological polar surface area (TPSA) is 26.0 Å². The highest BCUT2D eigenvalue weighted by Crippen LogP contribution is 2.37. The van der Waals surface area contributed by atoms with Gasteiger partial charge in [-0.2, -0.15) is 0 Å². The van der Waals surface area contributed by atoms with Gasteiger partial charge in [0.15, 0.2) is 0 Å². The zero-order valence-electron chi connectivity index (χ0n) is 10.7. The molecule has 0 aromatic rings. The molecule has 3 heteroatoms. The third-order valence-electron chi connectivity index (χ3n) is 4.06. The number of nitrogens with two attached hydrogens (primary N) is 1. The second-order valence-electron chi connectivity index (χ2n) is 6.04. The predicted molar refractivity (Wildman–Crippen MR) is 63.5 cm³/mol. The van der Waals surface area contributed by atoms with Gasteiger partial charge in [-0.3, -0.25) is 0 Å². The number of hydrogen-bond donors (Lipinski definition) is 1. The maximum Gasteiger partial charge on any atom is 0.256 e. The van der Waals surface area contributed by atoms with Crippen molar-refractivity contribution in [1.82, 2.24) is 0 Å². The molecule has 1 nitrogen and oxygen atoms in total. The first-order chi connectivity index (χ1) is 7.33.